The van der Waals surface area contributed by atoms with Gasteiger partial charge in [0.15, 0.2) is 0 Å². The summed E-state index contributed by atoms with van der Waals surface area (Å²) in [6.07, 6.45) is 11.8. The molecule has 0 N–H and O–H groups in total. The molecule has 5 aromatic rings. The molecule has 182 valence electrons. The van der Waals surface area contributed by atoms with E-state index in [0.29, 0.717) is 0 Å². The van der Waals surface area contributed by atoms with E-state index >= 15 is 0 Å². The van der Waals surface area contributed by atoms with Gasteiger partial charge in [0.2, 0.25) is 0 Å². The lowest BCUT2D eigenvalue weighted by Gasteiger charge is -2.05. The lowest BCUT2D eigenvalue weighted by molar-refractivity contribution is 0.133. The van der Waals surface area contributed by atoms with Crippen LogP contribution in [0.15, 0.2) is 66.7 Å². The molecule has 2 heterocycles. The van der Waals surface area contributed by atoms with Crippen LogP contribution in [0.5, 0.6) is 0 Å². The molecule has 0 saturated heterocycles. The normalized spacial score (nSPS) is 11.8. The number of fused-ring (bicyclic) bond motifs is 5. The van der Waals surface area contributed by atoms with Crippen LogP contribution in [0.25, 0.3) is 40.7 Å². The summed E-state index contributed by atoms with van der Waals surface area (Å²) in [4.78, 5) is 0. The molecule has 3 heteroatoms. The maximum atomic E-state index is 5.95. The minimum Gasteiger partial charge on any atom is -0.381 e. The Balaban J connectivity index is 1.16. The third-order valence-corrected chi connectivity index (χ3v) is 9.43. The number of hydrogen-bond donors (Lipinski definition) is 0. The van der Waals surface area contributed by atoms with Gasteiger partial charge >= 0.3 is 0 Å². The number of unbranched alkanes of at least 4 members (excludes halogenated alkanes) is 7. The average Bonchev–Trinajstić information content (AvgIpc) is 3.43. The van der Waals surface area contributed by atoms with Crippen molar-refractivity contribution in [2.24, 2.45) is 0 Å². The number of thiophene rings is 2. The van der Waals surface area contributed by atoms with Crippen molar-refractivity contribution in [2.75, 3.05) is 13.2 Å². The number of ether oxygens (including phenoxy) is 1. The maximum absolute atomic E-state index is 5.95. The molecule has 5 rings (SSSR count). The van der Waals surface area contributed by atoms with E-state index in [1.165, 1.54) is 97.6 Å². The molecule has 0 atom stereocenters. The van der Waals surface area contributed by atoms with E-state index in [1.807, 2.05) is 22.7 Å². The van der Waals surface area contributed by atoms with Gasteiger partial charge in [-0.05, 0) is 41.7 Å². The molecule has 0 radical (unpaired) electrons. The van der Waals surface area contributed by atoms with Crippen molar-refractivity contribution >= 4 is 52.2 Å². The van der Waals surface area contributed by atoms with Crippen LogP contribution < -0.4 is 0 Å². The van der Waals surface area contributed by atoms with Gasteiger partial charge in [0, 0.05) is 26.8 Å². The summed E-state index contributed by atoms with van der Waals surface area (Å²) in [5, 5.41) is 2.79. The predicted molar refractivity (Wildman–Crippen MR) is 157 cm³/mol. The highest BCUT2D eigenvalue weighted by Crippen LogP contribution is 2.45. The third kappa shape index (κ3) is 5.97. The average molecular weight is 501 g/mol. The molecule has 0 fully saturated rings. The Morgan fingerprint density at radius 1 is 0.600 bits per heavy atom. The van der Waals surface area contributed by atoms with Gasteiger partial charge < -0.3 is 4.74 Å². The lowest BCUT2D eigenvalue weighted by Crippen LogP contribution is -2.00. The SMILES string of the molecule is CCCCCCCCCCOCCc1ccc2c(c1)sc1c3ccc(-c4ccccc4)cc3sc21. The molecule has 1 nitrogen and oxygen atoms in total. The molecule has 0 unspecified atom stereocenters. The lowest BCUT2D eigenvalue weighted by atomic mass is 10.0. The van der Waals surface area contributed by atoms with Gasteiger partial charge in [-0.3, -0.25) is 0 Å². The molecule has 0 saturated carbocycles. The molecule has 35 heavy (non-hydrogen) atoms. The second-order valence-electron chi connectivity index (χ2n) is 9.61. The van der Waals surface area contributed by atoms with Crippen molar-refractivity contribution in [1.82, 2.24) is 0 Å². The topological polar surface area (TPSA) is 9.23 Å². The third-order valence-electron chi connectivity index (χ3n) is 6.93. The fraction of sp³-hybridized carbons (Fsp3) is 0.375. The molecule has 0 aliphatic rings. The van der Waals surface area contributed by atoms with E-state index in [1.54, 1.807) is 0 Å². The molecule has 2 aromatic heterocycles. The molecular formula is C32H36OS2. The highest BCUT2D eigenvalue weighted by Gasteiger charge is 2.13. The molecular weight excluding hydrogens is 464 g/mol. The van der Waals surface area contributed by atoms with E-state index in [2.05, 4.69) is 73.7 Å². The van der Waals surface area contributed by atoms with Crippen LogP contribution in [0.3, 0.4) is 0 Å². The van der Waals surface area contributed by atoms with Crippen LogP contribution in [0.4, 0.5) is 0 Å². The summed E-state index contributed by atoms with van der Waals surface area (Å²) in [5.41, 5.74) is 3.97. The fourth-order valence-electron chi connectivity index (χ4n) is 4.90. The van der Waals surface area contributed by atoms with Crippen LogP contribution in [0.2, 0.25) is 0 Å². The summed E-state index contributed by atoms with van der Waals surface area (Å²) < 4.78 is 11.6. The van der Waals surface area contributed by atoms with Crippen LogP contribution in [-0.2, 0) is 11.2 Å². The van der Waals surface area contributed by atoms with E-state index in [0.717, 1.165) is 19.6 Å². The van der Waals surface area contributed by atoms with Crippen molar-refractivity contribution in [1.29, 1.82) is 0 Å². The summed E-state index contributed by atoms with van der Waals surface area (Å²) in [7, 11) is 0. The molecule has 0 aliphatic heterocycles. The Bertz CT molecular complexity index is 1360. The van der Waals surface area contributed by atoms with Gasteiger partial charge in [-0.1, -0.05) is 106 Å². The zero-order chi connectivity index (χ0) is 23.9. The van der Waals surface area contributed by atoms with Crippen molar-refractivity contribution in [2.45, 2.75) is 64.7 Å². The van der Waals surface area contributed by atoms with E-state index in [9.17, 15) is 0 Å². The minimum atomic E-state index is 0.826. The van der Waals surface area contributed by atoms with Crippen molar-refractivity contribution in [3.8, 4) is 11.1 Å². The molecule has 0 aliphatic carbocycles. The van der Waals surface area contributed by atoms with Crippen LogP contribution in [0.1, 0.15) is 63.9 Å². The van der Waals surface area contributed by atoms with Gasteiger partial charge in [-0.25, -0.2) is 0 Å². The number of hydrogen-bond acceptors (Lipinski definition) is 3. The first-order chi connectivity index (χ1) is 17.3. The standard InChI is InChI=1S/C32H36OS2/c1-2-3-4-5-6-7-8-12-20-33-21-19-24-15-17-27-29(22-24)34-32-28-18-16-26(23-30(28)35-31(27)32)25-13-10-9-11-14-25/h9-11,13-18,22-23H,2-8,12,19-21H2,1H3. The van der Waals surface area contributed by atoms with Crippen molar-refractivity contribution in [3.63, 3.8) is 0 Å². The smallest absolute Gasteiger partial charge is 0.0542 e. The summed E-state index contributed by atoms with van der Waals surface area (Å²) in [6.45, 7) is 4.01. The number of rotatable bonds is 13. The quantitative estimate of drug-likeness (QED) is 0.146. The Labute approximate surface area is 217 Å². The van der Waals surface area contributed by atoms with Gasteiger partial charge in [0.1, 0.15) is 0 Å². The number of benzene rings is 3. The maximum Gasteiger partial charge on any atom is 0.0542 e. The monoisotopic (exact) mass is 500 g/mol. The van der Waals surface area contributed by atoms with E-state index < -0.39 is 0 Å². The molecule has 0 amide bonds. The zero-order valence-electron chi connectivity index (χ0n) is 20.9. The van der Waals surface area contributed by atoms with Gasteiger partial charge in [0.05, 0.1) is 16.0 Å². The zero-order valence-corrected chi connectivity index (χ0v) is 22.5. The molecule has 0 bridgehead atoms. The summed E-state index contributed by atoms with van der Waals surface area (Å²) in [6, 6.07) is 24.6. The van der Waals surface area contributed by atoms with Gasteiger partial charge in [-0.15, -0.1) is 22.7 Å². The Morgan fingerprint density at radius 2 is 1.26 bits per heavy atom. The summed E-state index contributed by atoms with van der Waals surface area (Å²) in [5.74, 6) is 0. The van der Waals surface area contributed by atoms with Crippen LogP contribution in [-0.4, -0.2) is 13.2 Å². The largest absolute Gasteiger partial charge is 0.381 e. The van der Waals surface area contributed by atoms with Crippen LogP contribution >= 0.6 is 22.7 Å². The Kier molecular flexibility index (Phi) is 8.51. The Morgan fingerprint density at radius 3 is 2.00 bits per heavy atom. The summed E-state index contributed by atoms with van der Waals surface area (Å²) >= 11 is 3.88. The van der Waals surface area contributed by atoms with E-state index in [4.69, 9.17) is 4.74 Å². The Hall–Kier alpha value is -2.20. The predicted octanol–water partition coefficient (Wildman–Crippen LogP) is 10.6. The van der Waals surface area contributed by atoms with Crippen molar-refractivity contribution in [3.05, 3.63) is 72.3 Å². The second kappa shape index (κ2) is 12.2. The van der Waals surface area contributed by atoms with Crippen LogP contribution in [0, 0.1) is 0 Å². The first kappa shape index (κ1) is 24.5. The fourth-order valence-corrected chi connectivity index (χ4v) is 7.65. The molecule has 3 aromatic carbocycles. The highest BCUT2D eigenvalue weighted by atomic mass is 32.1. The first-order valence-electron chi connectivity index (χ1n) is 13.3. The highest BCUT2D eigenvalue weighted by molar-refractivity contribution is 7.36. The minimum absolute atomic E-state index is 0.826. The molecule has 0 spiro atoms. The van der Waals surface area contributed by atoms with E-state index in [-0.39, 0.29) is 0 Å². The second-order valence-corrected chi connectivity index (χ2v) is 11.7. The van der Waals surface area contributed by atoms with Crippen molar-refractivity contribution < 1.29 is 4.74 Å². The first-order valence-corrected chi connectivity index (χ1v) is 15.0. The van der Waals surface area contributed by atoms with Gasteiger partial charge in [-0.2, -0.15) is 0 Å². The van der Waals surface area contributed by atoms with Gasteiger partial charge in [0.25, 0.3) is 0 Å².